The van der Waals surface area contributed by atoms with Crippen LogP contribution in [0.5, 0.6) is 0 Å². The number of benzene rings is 1. The summed E-state index contributed by atoms with van der Waals surface area (Å²) in [7, 11) is 0. The highest BCUT2D eigenvalue weighted by Gasteiger charge is 2.22. The highest BCUT2D eigenvalue weighted by Crippen LogP contribution is 2.18. The topological polar surface area (TPSA) is 96.2 Å². The van der Waals surface area contributed by atoms with Gasteiger partial charge in [-0.05, 0) is 39.8 Å². The first-order chi connectivity index (χ1) is 9.65. The molecule has 0 aliphatic heterocycles. The van der Waals surface area contributed by atoms with Gasteiger partial charge >= 0.3 is 0 Å². The zero-order valence-corrected chi connectivity index (χ0v) is 12.6. The molecule has 5 N–H and O–H groups in total. The van der Waals surface area contributed by atoms with Crippen molar-refractivity contribution in [3.8, 4) is 0 Å². The highest BCUT2D eigenvalue weighted by molar-refractivity contribution is 6.01. The Hall–Kier alpha value is -2.15. The van der Waals surface area contributed by atoms with Crippen LogP contribution >= 0.6 is 0 Å². The van der Waals surface area contributed by atoms with Gasteiger partial charge in [-0.25, -0.2) is 4.39 Å². The van der Waals surface area contributed by atoms with Crippen molar-refractivity contribution < 1.29 is 14.0 Å². The first-order valence-electron chi connectivity index (χ1n) is 6.53. The summed E-state index contributed by atoms with van der Waals surface area (Å²) in [6, 6.07) is 3.24. The lowest BCUT2D eigenvalue weighted by atomic mass is 10.1. The molecule has 0 heterocycles. The van der Waals surface area contributed by atoms with E-state index in [-0.39, 0.29) is 17.2 Å². The Bertz CT molecular complexity index is 540. The molecule has 1 aromatic carbocycles. The summed E-state index contributed by atoms with van der Waals surface area (Å²) >= 11 is 0. The van der Waals surface area contributed by atoms with E-state index >= 15 is 0 Å². The molecule has 0 fully saturated rings. The van der Waals surface area contributed by atoms with E-state index in [1.165, 1.54) is 18.2 Å². The van der Waals surface area contributed by atoms with Gasteiger partial charge in [0.05, 0.1) is 11.3 Å². The van der Waals surface area contributed by atoms with Gasteiger partial charge in [0.2, 0.25) is 5.91 Å². The summed E-state index contributed by atoms with van der Waals surface area (Å²) in [6.07, 6.45) is 0. The number of nitrogens with one attached hydrogen (secondary N) is 3. The molecule has 1 atom stereocenters. The van der Waals surface area contributed by atoms with Crippen LogP contribution in [0.25, 0.3) is 0 Å². The van der Waals surface area contributed by atoms with Crippen molar-refractivity contribution in [2.24, 2.45) is 5.84 Å². The number of hydrogen-bond donors (Lipinski definition) is 4. The van der Waals surface area contributed by atoms with Gasteiger partial charge < -0.3 is 16.1 Å². The maximum atomic E-state index is 13.5. The van der Waals surface area contributed by atoms with Crippen LogP contribution in [-0.2, 0) is 4.79 Å². The first-order valence-corrected chi connectivity index (χ1v) is 6.53. The Kier molecular flexibility index (Phi) is 5.26. The van der Waals surface area contributed by atoms with E-state index in [4.69, 9.17) is 5.84 Å². The molecule has 1 aromatic rings. The molecule has 0 saturated carbocycles. The molecule has 6 nitrogen and oxygen atoms in total. The molecule has 21 heavy (non-hydrogen) atoms. The second-order valence-corrected chi connectivity index (χ2v) is 5.74. The average Bonchev–Trinajstić information content (AvgIpc) is 2.36. The van der Waals surface area contributed by atoms with Crippen molar-refractivity contribution in [3.05, 3.63) is 29.6 Å². The Balaban J connectivity index is 2.82. The van der Waals surface area contributed by atoms with Crippen LogP contribution in [0.2, 0.25) is 0 Å². The molecule has 0 aliphatic carbocycles. The molecular weight excluding hydrogens is 275 g/mol. The van der Waals surface area contributed by atoms with Gasteiger partial charge in [-0.15, -0.1) is 0 Å². The van der Waals surface area contributed by atoms with Gasteiger partial charge in [0.15, 0.2) is 0 Å². The number of para-hydroxylation sites is 1. The molecule has 0 aliphatic rings. The zero-order valence-electron chi connectivity index (χ0n) is 12.6. The fourth-order valence-electron chi connectivity index (χ4n) is 1.68. The lowest BCUT2D eigenvalue weighted by Crippen LogP contribution is -2.50. The second-order valence-electron chi connectivity index (χ2n) is 5.74. The molecule has 1 rings (SSSR count). The number of halogens is 1. The molecule has 0 saturated heterocycles. The van der Waals surface area contributed by atoms with Crippen molar-refractivity contribution in [1.29, 1.82) is 0 Å². The van der Waals surface area contributed by atoms with Crippen LogP contribution in [0.15, 0.2) is 18.2 Å². The standard InChI is InChI=1S/C14H21FN4O2/c1-8(12(20)18-14(2,3)4)17-13(21)9-6-5-7-10(15)11(9)19-16/h5-8,19H,16H2,1-4H3,(H,17,21)(H,18,20). The van der Waals surface area contributed by atoms with E-state index in [0.717, 1.165) is 0 Å². The third-order valence-corrected chi connectivity index (χ3v) is 2.64. The molecule has 7 heteroatoms. The molecule has 0 aromatic heterocycles. The fourth-order valence-corrected chi connectivity index (χ4v) is 1.68. The van der Waals surface area contributed by atoms with Crippen LogP contribution < -0.4 is 21.9 Å². The minimum Gasteiger partial charge on any atom is -0.350 e. The predicted octanol–water partition coefficient (Wildman–Crippen LogP) is 1.14. The summed E-state index contributed by atoms with van der Waals surface area (Å²) in [4.78, 5) is 24.0. The third kappa shape index (κ3) is 4.71. The quantitative estimate of drug-likeness (QED) is 0.495. The predicted molar refractivity (Wildman–Crippen MR) is 79.0 cm³/mol. The summed E-state index contributed by atoms with van der Waals surface area (Å²) in [5.74, 6) is 3.66. The van der Waals surface area contributed by atoms with Crippen LogP contribution in [0.4, 0.5) is 10.1 Å². The molecular formula is C14H21FN4O2. The molecule has 116 valence electrons. The number of nitrogen functional groups attached to an aromatic ring is 1. The van der Waals surface area contributed by atoms with Crippen molar-refractivity contribution in [2.75, 3.05) is 5.43 Å². The van der Waals surface area contributed by atoms with Crippen LogP contribution in [-0.4, -0.2) is 23.4 Å². The van der Waals surface area contributed by atoms with Crippen LogP contribution in [0.1, 0.15) is 38.1 Å². The Morgan fingerprint density at radius 3 is 2.43 bits per heavy atom. The smallest absolute Gasteiger partial charge is 0.254 e. The Labute approximate surface area is 123 Å². The van der Waals surface area contributed by atoms with Gasteiger partial charge in [-0.3, -0.25) is 15.4 Å². The summed E-state index contributed by atoms with van der Waals surface area (Å²) in [5, 5.41) is 5.25. The van der Waals surface area contributed by atoms with Crippen LogP contribution in [0, 0.1) is 5.82 Å². The molecule has 0 spiro atoms. The minimum atomic E-state index is -0.759. The van der Waals surface area contributed by atoms with E-state index in [1.807, 2.05) is 20.8 Å². The van der Waals surface area contributed by atoms with Gasteiger partial charge in [0, 0.05) is 5.54 Å². The Morgan fingerprint density at radius 1 is 1.29 bits per heavy atom. The molecule has 1 unspecified atom stereocenters. The second kappa shape index (κ2) is 6.53. The van der Waals surface area contributed by atoms with Gasteiger partial charge in [0.1, 0.15) is 11.9 Å². The van der Waals surface area contributed by atoms with E-state index in [9.17, 15) is 14.0 Å². The lowest BCUT2D eigenvalue weighted by molar-refractivity contribution is -0.124. The van der Waals surface area contributed by atoms with Crippen molar-refractivity contribution in [3.63, 3.8) is 0 Å². The largest absolute Gasteiger partial charge is 0.350 e. The van der Waals surface area contributed by atoms with E-state index in [0.29, 0.717) is 0 Å². The SMILES string of the molecule is CC(NC(=O)c1cccc(F)c1NN)C(=O)NC(C)(C)C. The fraction of sp³-hybridized carbons (Fsp3) is 0.429. The first kappa shape index (κ1) is 16.9. The average molecular weight is 296 g/mol. The Morgan fingerprint density at radius 2 is 1.90 bits per heavy atom. The van der Waals surface area contributed by atoms with Gasteiger partial charge in [-0.2, -0.15) is 0 Å². The van der Waals surface area contributed by atoms with Gasteiger partial charge in [-0.1, -0.05) is 6.07 Å². The van der Waals surface area contributed by atoms with E-state index in [2.05, 4.69) is 16.1 Å². The summed E-state index contributed by atoms with van der Waals surface area (Å²) in [6.45, 7) is 7.06. The summed E-state index contributed by atoms with van der Waals surface area (Å²) in [5.41, 5.74) is 1.67. The van der Waals surface area contributed by atoms with Gasteiger partial charge in [0.25, 0.3) is 5.91 Å². The maximum Gasteiger partial charge on any atom is 0.254 e. The molecule has 0 bridgehead atoms. The lowest BCUT2D eigenvalue weighted by Gasteiger charge is -2.23. The van der Waals surface area contributed by atoms with Crippen molar-refractivity contribution in [1.82, 2.24) is 10.6 Å². The number of nitrogens with two attached hydrogens (primary N) is 1. The minimum absolute atomic E-state index is 0.0351. The van der Waals surface area contributed by atoms with Crippen LogP contribution in [0.3, 0.4) is 0 Å². The van der Waals surface area contributed by atoms with E-state index < -0.39 is 23.3 Å². The maximum absolute atomic E-state index is 13.5. The monoisotopic (exact) mass is 296 g/mol. The number of amides is 2. The number of carbonyl (C=O) groups is 2. The number of carbonyl (C=O) groups excluding carboxylic acids is 2. The highest BCUT2D eigenvalue weighted by atomic mass is 19.1. The van der Waals surface area contributed by atoms with Crippen molar-refractivity contribution >= 4 is 17.5 Å². The molecule has 0 radical (unpaired) electrons. The number of anilines is 1. The summed E-state index contributed by atoms with van der Waals surface area (Å²) < 4.78 is 13.5. The van der Waals surface area contributed by atoms with Crippen molar-refractivity contribution in [2.45, 2.75) is 39.3 Å². The zero-order chi connectivity index (χ0) is 16.2. The van der Waals surface area contributed by atoms with E-state index in [1.54, 1.807) is 6.92 Å². The number of hydrazine groups is 1. The number of hydrogen-bond acceptors (Lipinski definition) is 4. The number of rotatable bonds is 4. The molecule has 2 amide bonds. The third-order valence-electron chi connectivity index (χ3n) is 2.64. The normalized spacial score (nSPS) is 12.5.